The Morgan fingerprint density at radius 1 is 1.35 bits per heavy atom. The number of rotatable bonds is 4. The summed E-state index contributed by atoms with van der Waals surface area (Å²) in [5.74, 6) is 0. The molecule has 2 unspecified atom stereocenters. The molecule has 0 aliphatic rings. The van der Waals surface area contributed by atoms with Crippen LogP contribution in [0, 0.1) is 0 Å². The van der Waals surface area contributed by atoms with Crippen molar-refractivity contribution in [2.24, 2.45) is 5.73 Å². The molecule has 0 amide bonds. The second-order valence-electron chi connectivity index (χ2n) is 4.44. The molecule has 0 bridgehead atoms. The minimum Gasteiger partial charge on any atom is -0.328 e. The predicted molar refractivity (Wildman–Crippen MR) is 69.0 cm³/mol. The summed E-state index contributed by atoms with van der Waals surface area (Å²) in [6.07, 6.45) is 0.858. The molecule has 2 rings (SSSR count). The molecule has 0 saturated carbocycles. The molecule has 0 aliphatic heterocycles. The molecule has 0 spiro atoms. The van der Waals surface area contributed by atoms with Crippen LogP contribution in [0.25, 0.3) is 11.0 Å². The smallest absolute Gasteiger partial charge is 0.323 e. The lowest BCUT2D eigenvalue weighted by molar-refractivity contribution is 0.499. The van der Waals surface area contributed by atoms with Crippen molar-refractivity contribution in [3.05, 3.63) is 34.2 Å². The zero-order chi connectivity index (χ0) is 12.4. The van der Waals surface area contributed by atoms with Crippen molar-refractivity contribution in [2.45, 2.75) is 25.4 Å². The quantitative estimate of drug-likeness (QED) is 0.632. The molecule has 0 radical (unpaired) electrons. The number of nitrogens with two attached hydrogens (primary N) is 1. The average molecular weight is 234 g/mol. The molecule has 1 aromatic heterocycles. The first-order chi connectivity index (χ1) is 8.10. The van der Waals surface area contributed by atoms with Gasteiger partial charge in [-0.3, -0.25) is 0 Å². The summed E-state index contributed by atoms with van der Waals surface area (Å²) in [5.41, 5.74) is 8.43. The number of fused-ring (bicyclic) bond motifs is 1. The molecule has 0 fully saturated rings. The minimum atomic E-state index is -0.176. The number of benzene rings is 1. The van der Waals surface area contributed by atoms with Crippen LogP contribution in [0.1, 0.15) is 24.9 Å². The minimum absolute atomic E-state index is 0.133. The Kier molecular flexibility index (Phi) is 3.31. The first-order valence-electron chi connectivity index (χ1n) is 5.75. The van der Waals surface area contributed by atoms with Crippen LogP contribution in [0.3, 0.4) is 0 Å². The van der Waals surface area contributed by atoms with E-state index in [1.54, 1.807) is 0 Å². The summed E-state index contributed by atoms with van der Waals surface area (Å²) in [7, 11) is 1.91. The lowest BCUT2D eigenvalue weighted by atomic mass is 10.00. The number of hydrogen-bond donors (Lipinski definition) is 4. The third-order valence-corrected chi connectivity index (χ3v) is 2.90. The van der Waals surface area contributed by atoms with Gasteiger partial charge >= 0.3 is 5.69 Å². The summed E-state index contributed by atoms with van der Waals surface area (Å²) >= 11 is 0. The second-order valence-corrected chi connectivity index (χ2v) is 4.44. The highest BCUT2D eigenvalue weighted by Gasteiger charge is 2.12. The van der Waals surface area contributed by atoms with Gasteiger partial charge < -0.3 is 21.0 Å². The van der Waals surface area contributed by atoms with E-state index in [9.17, 15) is 4.79 Å². The molecule has 0 aliphatic carbocycles. The van der Waals surface area contributed by atoms with Crippen LogP contribution in [0.15, 0.2) is 23.0 Å². The van der Waals surface area contributed by atoms with E-state index < -0.39 is 0 Å². The summed E-state index contributed by atoms with van der Waals surface area (Å²) < 4.78 is 0. The molecule has 17 heavy (non-hydrogen) atoms. The van der Waals surface area contributed by atoms with Crippen LogP contribution in [0.2, 0.25) is 0 Å². The van der Waals surface area contributed by atoms with Crippen molar-refractivity contribution >= 4 is 11.0 Å². The van der Waals surface area contributed by atoms with Crippen molar-refractivity contribution in [3.63, 3.8) is 0 Å². The highest BCUT2D eigenvalue weighted by atomic mass is 16.1. The van der Waals surface area contributed by atoms with Gasteiger partial charge in [0.2, 0.25) is 0 Å². The van der Waals surface area contributed by atoms with Crippen molar-refractivity contribution in [3.8, 4) is 0 Å². The molecule has 5 N–H and O–H groups in total. The van der Waals surface area contributed by atoms with Gasteiger partial charge in [-0.25, -0.2) is 4.79 Å². The monoisotopic (exact) mass is 234 g/mol. The summed E-state index contributed by atoms with van der Waals surface area (Å²) in [5, 5.41) is 3.24. The third kappa shape index (κ3) is 2.57. The van der Waals surface area contributed by atoms with Crippen LogP contribution in [-0.4, -0.2) is 23.1 Å². The van der Waals surface area contributed by atoms with Gasteiger partial charge in [0.15, 0.2) is 0 Å². The van der Waals surface area contributed by atoms with Gasteiger partial charge in [0.1, 0.15) is 0 Å². The normalized spacial score (nSPS) is 15.0. The van der Waals surface area contributed by atoms with Crippen molar-refractivity contribution < 1.29 is 0 Å². The molecule has 5 heteroatoms. The summed E-state index contributed by atoms with van der Waals surface area (Å²) in [6.45, 7) is 1.99. The standard InChI is InChI=1S/C12H18N4O/c1-7(13)5-10(14-2)8-3-4-9-11(6-8)16-12(17)15-9/h3-4,6-7,10,14H,5,13H2,1-2H3,(H2,15,16,17). The van der Waals surface area contributed by atoms with Gasteiger partial charge in [-0.1, -0.05) is 6.07 Å². The van der Waals surface area contributed by atoms with E-state index in [0.717, 1.165) is 23.0 Å². The molecule has 5 nitrogen and oxygen atoms in total. The summed E-state index contributed by atoms with van der Waals surface area (Å²) in [6, 6.07) is 6.24. The van der Waals surface area contributed by atoms with E-state index in [4.69, 9.17) is 5.73 Å². The number of H-pyrrole nitrogens is 2. The van der Waals surface area contributed by atoms with E-state index in [1.165, 1.54) is 0 Å². The van der Waals surface area contributed by atoms with Crippen LogP contribution in [0.5, 0.6) is 0 Å². The Balaban J connectivity index is 2.36. The van der Waals surface area contributed by atoms with E-state index in [0.29, 0.717) is 0 Å². The van der Waals surface area contributed by atoms with Crippen LogP contribution in [-0.2, 0) is 0 Å². The highest BCUT2D eigenvalue weighted by molar-refractivity contribution is 5.75. The average Bonchev–Trinajstić information content (AvgIpc) is 2.64. The first-order valence-corrected chi connectivity index (χ1v) is 5.75. The van der Waals surface area contributed by atoms with Crippen LogP contribution in [0.4, 0.5) is 0 Å². The number of imidazole rings is 1. The predicted octanol–water partition coefficient (Wildman–Crippen LogP) is 0.854. The molecule has 1 aromatic carbocycles. The Labute approximate surface area is 99.4 Å². The second kappa shape index (κ2) is 4.73. The van der Waals surface area contributed by atoms with Gasteiger partial charge in [-0.2, -0.15) is 0 Å². The van der Waals surface area contributed by atoms with E-state index in [-0.39, 0.29) is 17.8 Å². The van der Waals surface area contributed by atoms with Gasteiger partial charge in [0.25, 0.3) is 0 Å². The van der Waals surface area contributed by atoms with Gasteiger partial charge in [-0.05, 0) is 38.1 Å². The Morgan fingerprint density at radius 2 is 2.06 bits per heavy atom. The SMILES string of the molecule is CNC(CC(C)N)c1ccc2[nH]c(=O)[nH]c2c1. The molecule has 92 valence electrons. The Hall–Kier alpha value is -1.59. The lowest BCUT2D eigenvalue weighted by Gasteiger charge is -2.18. The van der Waals surface area contributed by atoms with Crippen molar-refractivity contribution in [1.82, 2.24) is 15.3 Å². The van der Waals surface area contributed by atoms with Crippen molar-refractivity contribution in [2.75, 3.05) is 7.05 Å². The van der Waals surface area contributed by atoms with Crippen molar-refractivity contribution in [1.29, 1.82) is 0 Å². The summed E-state index contributed by atoms with van der Waals surface area (Å²) in [4.78, 5) is 16.7. The van der Waals surface area contributed by atoms with E-state index in [2.05, 4.69) is 15.3 Å². The molecule has 0 saturated heterocycles. The maximum atomic E-state index is 11.2. The maximum absolute atomic E-state index is 11.2. The third-order valence-electron chi connectivity index (χ3n) is 2.90. The fraction of sp³-hybridized carbons (Fsp3) is 0.417. The Morgan fingerprint density at radius 3 is 2.71 bits per heavy atom. The number of aromatic nitrogens is 2. The molecule has 2 atom stereocenters. The lowest BCUT2D eigenvalue weighted by Crippen LogP contribution is -2.25. The van der Waals surface area contributed by atoms with Gasteiger partial charge in [0, 0.05) is 12.1 Å². The Bertz CT molecular complexity index is 555. The zero-order valence-corrected chi connectivity index (χ0v) is 10.1. The molecule has 1 heterocycles. The highest BCUT2D eigenvalue weighted by Crippen LogP contribution is 2.20. The fourth-order valence-electron chi connectivity index (χ4n) is 2.06. The largest absolute Gasteiger partial charge is 0.328 e. The molecule has 2 aromatic rings. The maximum Gasteiger partial charge on any atom is 0.323 e. The molecular weight excluding hydrogens is 216 g/mol. The van der Waals surface area contributed by atoms with Gasteiger partial charge in [0.05, 0.1) is 11.0 Å². The topological polar surface area (TPSA) is 86.7 Å². The van der Waals surface area contributed by atoms with Crippen LogP contribution >= 0.6 is 0 Å². The zero-order valence-electron chi connectivity index (χ0n) is 10.1. The van der Waals surface area contributed by atoms with Gasteiger partial charge in [-0.15, -0.1) is 0 Å². The number of aromatic amines is 2. The van der Waals surface area contributed by atoms with Crippen LogP contribution < -0.4 is 16.7 Å². The van der Waals surface area contributed by atoms with E-state index >= 15 is 0 Å². The number of nitrogens with one attached hydrogen (secondary N) is 3. The number of hydrogen-bond acceptors (Lipinski definition) is 3. The van der Waals surface area contributed by atoms with E-state index in [1.807, 2.05) is 32.2 Å². The first kappa shape index (κ1) is 11.9. The fourth-order valence-corrected chi connectivity index (χ4v) is 2.06. The molecular formula is C12H18N4O.